The number of ether oxygens (including phenoxy) is 1. The molecule has 21 heavy (non-hydrogen) atoms. The summed E-state index contributed by atoms with van der Waals surface area (Å²) in [5.74, 6) is -0.801. The van der Waals surface area contributed by atoms with E-state index in [2.05, 4.69) is 11.9 Å². The summed E-state index contributed by atoms with van der Waals surface area (Å²) in [7, 11) is 0. The minimum absolute atomic E-state index is 0.141. The number of benzene rings is 1. The standard InChI is InChI=1S/C16H21NO4/c1-2-12-21-16(20)17-14(10-6-7-11-15(18)19)13-8-4-3-5-9-13/h2-5,8-9,14H,1,6-7,10-12H2,(H,17,20)(H,18,19). The van der Waals surface area contributed by atoms with Gasteiger partial charge in [0.15, 0.2) is 0 Å². The lowest BCUT2D eigenvalue weighted by atomic mass is 10.0. The van der Waals surface area contributed by atoms with Crippen LogP contribution in [0.5, 0.6) is 0 Å². The smallest absolute Gasteiger partial charge is 0.407 e. The number of carbonyl (C=O) groups is 2. The molecule has 5 nitrogen and oxygen atoms in total. The third-order valence-electron chi connectivity index (χ3n) is 2.96. The van der Waals surface area contributed by atoms with Crippen molar-refractivity contribution in [1.29, 1.82) is 0 Å². The van der Waals surface area contributed by atoms with Gasteiger partial charge in [0, 0.05) is 6.42 Å². The molecule has 0 spiro atoms. The third kappa shape index (κ3) is 7.15. The fourth-order valence-electron chi connectivity index (χ4n) is 1.95. The van der Waals surface area contributed by atoms with Crippen molar-refractivity contribution in [2.75, 3.05) is 6.61 Å². The Hall–Kier alpha value is -2.30. The number of hydrogen-bond acceptors (Lipinski definition) is 3. The largest absolute Gasteiger partial charge is 0.481 e. The van der Waals surface area contributed by atoms with E-state index in [-0.39, 0.29) is 19.1 Å². The molecule has 5 heteroatoms. The first-order valence-electron chi connectivity index (χ1n) is 6.94. The van der Waals surface area contributed by atoms with E-state index in [0.717, 1.165) is 5.56 Å². The number of aliphatic carboxylic acids is 1. The van der Waals surface area contributed by atoms with Gasteiger partial charge in [-0.25, -0.2) is 4.79 Å². The second kappa shape index (κ2) is 9.58. The van der Waals surface area contributed by atoms with Gasteiger partial charge >= 0.3 is 12.1 Å². The van der Waals surface area contributed by atoms with Crippen molar-refractivity contribution in [1.82, 2.24) is 5.32 Å². The van der Waals surface area contributed by atoms with E-state index < -0.39 is 12.1 Å². The van der Waals surface area contributed by atoms with Crippen molar-refractivity contribution in [3.8, 4) is 0 Å². The first-order chi connectivity index (χ1) is 10.1. The summed E-state index contributed by atoms with van der Waals surface area (Å²) in [6.45, 7) is 3.65. The highest BCUT2D eigenvalue weighted by Crippen LogP contribution is 2.20. The van der Waals surface area contributed by atoms with Crippen molar-refractivity contribution in [2.24, 2.45) is 0 Å². The summed E-state index contributed by atoms with van der Waals surface area (Å²) in [5, 5.41) is 11.4. The maximum atomic E-state index is 11.7. The minimum Gasteiger partial charge on any atom is -0.481 e. The molecule has 0 bridgehead atoms. The van der Waals surface area contributed by atoms with E-state index in [9.17, 15) is 9.59 Å². The van der Waals surface area contributed by atoms with Gasteiger partial charge < -0.3 is 15.2 Å². The molecule has 0 aliphatic carbocycles. The van der Waals surface area contributed by atoms with E-state index in [1.807, 2.05) is 30.3 Å². The molecule has 0 saturated carbocycles. The second-order valence-corrected chi connectivity index (χ2v) is 4.63. The van der Waals surface area contributed by atoms with E-state index in [4.69, 9.17) is 9.84 Å². The van der Waals surface area contributed by atoms with Gasteiger partial charge in [-0.15, -0.1) is 0 Å². The fraction of sp³-hybridized carbons (Fsp3) is 0.375. The number of carboxylic acid groups (broad SMARTS) is 1. The number of unbranched alkanes of at least 4 members (excludes halogenated alkanes) is 1. The SMILES string of the molecule is C=CCOC(=O)NC(CCCCC(=O)O)c1ccccc1. The second-order valence-electron chi connectivity index (χ2n) is 4.63. The molecule has 1 amide bonds. The summed E-state index contributed by atoms with van der Waals surface area (Å²) in [6.07, 6.45) is 3.12. The summed E-state index contributed by atoms with van der Waals surface area (Å²) < 4.78 is 4.93. The molecule has 0 fully saturated rings. The third-order valence-corrected chi connectivity index (χ3v) is 2.96. The predicted molar refractivity (Wildman–Crippen MR) is 80.0 cm³/mol. The maximum absolute atomic E-state index is 11.7. The number of carboxylic acids is 1. The van der Waals surface area contributed by atoms with Crippen LogP contribution in [0.3, 0.4) is 0 Å². The van der Waals surface area contributed by atoms with Gasteiger partial charge in [0.2, 0.25) is 0 Å². The zero-order valence-electron chi connectivity index (χ0n) is 12.0. The Bertz CT molecular complexity index is 459. The van der Waals surface area contributed by atoms with E-state index in [0.29, 0.717) is 19.3 Å². The molecule has 1 unspecified atom stereocenters. The predicted octanol–water partition coefficient (Wildman–Crippen LogP) is 3.28. The number of rotatable bonds is 9. The zero-order chi connectivity index (χ0) is 15.5. The first-order valence-corrected chi connectivity index (χ1v) is 6.94. The fourth-order valence-corrected chi connectivity index (χ4v) is 1.95. The highest BCUT2D eigenvalue weighted by Gasteiger charge is 2.15. The Balaban J connectivity index is 2.56. The summed E-state index contributed by atoms with van der Waals surface area (Å²) in [6, 6.07) is 9.37. The Morgan fingerprint density at radius 3 is 2.62 bits per heavy atom. The van der Waals surface area contributed by atoms with Crippen LogP contribution in [-0.2, 0) is 9.53 Å². The van der Waals surface area contributed by atoms with Crippen molar-refractivity contribution in [3.63, 3.8) is 0 Å². The normalized spacial score (nSPS) is 11.4. The van der Waals surface area contributed by atoms with Crippen LogP contribution in [0.1, 0.15) is 37.3 Å². The van der Waals surface area contributed by atoms with Crippen LogP contribution in [0.15, 0.2) is 43.0 Å². The number of nitrogens with one attached hydrogen (secondary N) is 1. The first kappa shape index (κ1) is 16.8. The van der Waals surface area contributed by atoms with Gasteiger partial charge in [-0.05, 0) is 18.4 Å². The number of amides is 1. The van der Waals surface area contributed by atoms with Crippen LogP contribution < -0.4 is 5.32 Å². The van der Waals surface area contributed by atoms with Crippen molar-refractivity contribution < 1.29 is 19.4 Å². The minimum atomic E-state index is -0.801. The lowest BCUT2D eigenvalue weighted by Crippen LogP contribution is -2.29. The summed E-state index contributed by atoms with van der Waals surface area (Å²) in [5.41, 5.74) is 0.975. The van der Waals surface area contributed by atoms with Crippen LogP contribution in [0, 0.1) is 0 Å². The Labute approximate surface area is 124 Å². The van der Waals surface area contributed by atoms with E-state index >= 15 is 0 Å². The van der Waals surface area contributed by atoms with Crippen LogP contribution in [-0.4, -0.2) is 23.8 Å². The molecule has 0 radical (unpaired) electrons. The maximum Gasteiger partial charge on any atom is 0.407 e. The molecular weight excluding hydrogens is 270 g/mol. The summed E-state index contributed by atoms with van der Waals surface area (Å²) in [4.78, 5) is 22.2. The molecule has 2 N–H and O–H groups in total. The average Bonchev–Trinajstić information content (AvgIpc) is 2.49. The summed E-state index contributed by atoms with van der Waals surface area (Å²) >= 11 is 0. The Morgan fingerprint density at radius 2 is 2.00 bits per heavy atom. The lowest BCUT2D eigenvalue weighted by molar-refractivity contribution is -0.137. The highest BCUT2D eigenvalue weighted by molar-refractivity contribution is 5.68. The number of carbonyl (C=O) groups excluding carboxylic acids is 1. The molecule has 0 aromatic heterocycles. The van der Waals surface area contributed by atoms with E-state index in [1.54, 1.807) is 0 Å². The highest BCUT2D eigenvalue weighted by atomic mass is 16.5. The monoisotopic (exact) mass is 291 g/mol. The number of hydrogen-bond donors (Lipinski definition) is 2. The molecule has 1 atom stereocenters. The molecule has 0 aliphatic rings. The van der Waals surface area contributed by atoms with Gasteiger partial charge in [0.1, 0.15) is 6.61 Å². The van der Waals surface area contributed by atoms with Gasteiger partial charge in [0.25, 0.3) is 0 Å². The van der Waals surface area contributed by atoms with Crippen LogP contribution in [0.4, 0.5) is 4.79 Å². The lowest BCUT2D eigenvalue weighted by Gasteiger charge is -2.18. The molecule has 1 aromatic rings. The molecule has 0 saturated heterocycles. The van der Waals surface area contributed by atoms with Gasteiger partial charge in [-0.3, -0.25) is 4.79 Å². The van der Waals surface area contributed by atoms with Gasteiger partial charge in [0.05, 0.1) is 6.04 Å². The zero-order valence-corrected chi connectivity index (χ0v) is 12.0. The topological polar surface area (TPSA) is 75.6 Å². The Morgan fingerprint density at radius 1 is 1.29 bits per heavy atom. The molecule has 0 heterocycles. The molecule has 1 rings (SSSR count). The molecular formula is C16H21NO4. The van der Waals surface area contributed by atoms with Crippen LogP contribution >= 0.6 is 0 Å². The number of alkyl carbamates (subject to hydrolysis) is 1. The average molecular weight is 291 g/mol. The van der Waals surface area contributed by atoms with Crippen molar-refractivity contribution >= 4 is 12.1 Å². The van der Waals surface area contributed by atoms with E-state index in [1.165, 1.54) is 6.08 Å². The van der Waals surface area contributed by atoms with Crippen molar-refractivity contribution in [3.05, 3.63) is 48.6 Å². The Kier molecular flexibility index (Phi) is 7.64. The van der Waals surface area contributed by atoms with Crippen molar-refractivity contribution in [2.45, 2.75) is 31.7 Å². The van der Waals surface area contributed by atoms with Gasteiger partial charge in [-0.1, -0.05) is 49.4 Å². The van der Waals surface area contributed by atoms with Gasteiger partial charge in [-0.2, -0.15) is 0 Å². The quantitative estimate of drug-likeness (QED) is 0.541. The van der Waals surface area contributed by atoms with Crippen LogP contribution in [0.2, 0.25) is 0 Å². The van der Waals surface area contributed by atoms with Crippen LogP contribution in [0.25, 0.3) is 0 Å². The molecule has 0 aliphatic heterocycles. The molecule has 114 valence electrons. The molecule has 1 aromatic carbocycles.